The van der Waals surface area contributed by atoms with Gasteiger partial charge in [-0.1, -0.05) is 6.42 Å². The van der Waals surface area contributed by atoms with Crippen molar-refractivity contribution in [3.8, 4) is 0 Å². The van der Waals surface area contributed by atoms with Crippen molar-refractivity contribution in [2.75, 3.05) is 45.3 Å². The highest BCUT2D eigenvalue weighted by Crippen LogP contribution is 2.50. The fraction of sp³-hybridized carbons (Fsp3) is 0.846. The topological polar surface area (TPSA) is 176 Å². The Morgan fingerprint density at radius 2 is 2.00 bits per heavy atom. The molecular weight excluding hydrogens is 597 g/mol. The van der Waals surface area contributed by atoms with Crippen LogP contribution >= 0.6 is 35.3 Å². The summed E-state index contributed by atoms with van der Waals surface area (Å²) in [4.78, 5) is 28.2. The van der Waals surface area contributed by atoms with Crippen LogP contribution in [0.4, 0.5) is 0 Å². The molecule has 0 radical (unpaired) electrons. The van der Waals surface area contributed by atoms with E-state index in [2.05, 4.69) is 47.7 Å². The second-order valence-corrected chi connectivity index (χ2v) is 16.0. The van der Waals surface area contributed by atoms with Gasteiger partial charge in [0.1, 0.15) is 11.8 Å². The second-order valence-electron chi connectivity index (χ2n) is 12.3. The van der Waals surface area contributed by atoms with E-state index in [1.165, 1.54) is 12.8 Å². The van der Waals surface area contributed by atoms with E-state index in [4.69, 9.17) is 10.5 Å². The molecule has 42 heavy (non-hydrogen) atoms. The van der Waals surface area contributed by atoms with Crippen LogP contribution < -0.4 is 43.5 Å². The molecule has 1 saturated carbocycles. The van der Waals surface area contributed by atoms with Crippen molar-refractivity contribution < 1.29 is 20.1 Å². The van der Waals surface area contributed by atoms with Crippen molar-refractivity contribution in [2.24, 2.45) is 17.6 Å². The second kappa shape index (κ2) is 13.0. The summed E-state index contributed by atoms with van der Waals surface area (Å²) in [7, 11) is 0. The number of quaternary nitrogens is 1. The van der Waals surface area contributed by atoms with E-state index in [0.717, 1.165) is 43.3 Å². The van der Waals surface area contributed by atoms with Gasteiger partial charge >= 0.3 is 0 Å². The number of hydrogen-bond acceptors (Lipinski definition) is 14. The molecule has 13 nitrogen and oxygen atoms in total. The summed E-state index contributed by atoms with van der Waals surface area (Å²) in [5.74, 6) is 0.854. The molecule has 1 amide bonds. The van der Waals surface area contributed by atoms with Gasteiger partial charge in [0.2, 0.25) is 5.91 Å². The fourth-order valence-electron chi connectivity index (χ4n) is 7.43. The zero-order chi connectivity index (χ0) is 28.8. The predicted molar refractivity (Wildman–Crippen MR) is 165 cm³/mol. The van der Waals surface area contributed by atoms with Gasteiger partial charge in [-0.3, -0.25) is 36.2 Å². The van der Waals surface area contributed by atoms with E-state index < -0.39 is 5.92 Å². The number of ether oxygens (including phenoxy) is 1. The van der Waals surface area contributed by atoms with Crippen molar-refractivity contribution in [1.29, 1.82) is 0 Å². The molecule has 9 unspecified atom stereocenters. The number of carbonyl (C=O) groups is 2. The van der Waals surface area contributed by atoms with Gasteiger partial charge in [0.15, 0.2) is 5.78 Å². The van der Waals surface area contributed by atoms with E-state index in [-0.39, 0.29) is 46.3 Å². The molecule has 16 heteroatoms. The van der Waals surface area contributed by atoms with Gasteiger partial charge in [0.25, 0.3) is 0 Å². The summed E-state index contributed by atoms with van der Waals surface area (Å²) in [6, 6.07) is 0.673. The first-order chi connectivity index (χ1) is 20.5. The number of fused-ring (bicyclic) bond motifs is 2. The minimum absolute atomic E-state index is 0.0335. The molecular formula is C26H45N10O3S3+. The largest absolute Gasteiger partial charge is 0.378 e. The standard InChI is InChI=1S/C26H44N10O3S3/c27-14-3-1-2-4-15(14)32-25-33-23(19(22(28)38)24-30-12-31-36(24)25)34-26-29-10-17(41-26)13-11-40-21-16(37)9-18(42-20(13)21)35-5-7-39-8-6-35/h9,13-15,17,19-21,23-26,29-34H,1-8,10-12,27H2,(H2,28,38)/p+1/t13?,14-,15+,17?,19?,20?,21?,23?,24?,25?,26?/m1/s1. The third-order valence-corrected chi connectivity index (χ3v) is 14.3. The third kappa shape index (κ3) is 5.99. The van der Waals surface area contributed by atoms with Gasteiger partial charge in [-0.05, 0) is 24.5 Å². The average Bonchev–Trinajstić information content (AvgIpc) is 3.75. The van der Waals surface area contributed by atoms with Crippen LogP contribution in [0, 0.1) is 11.8 Å². The number of amides is 1. The number of allylic oxidation sites excluding steroid dienone is 1. The van der Waals surface area contributed by atoms with Crippen LogP contribution in [0.15, 0.2) is 11.1 Å². The van der Waals surface area contributed by atoms with Crippen LogP contribution in [0.5, 0.6) is 0 Å². The molecule has 6 aliphatic heterocycles. The van der Waals surface area contributed by atoms with E-state index >= 15 is 0 Å². The summed E-state index contributed by atoms with van der Waals surface area (Å²) >= 11 is 5.60. The van der Waals surface area contributed by atoms with Gasteiger partial charge in [0.05, 0.1) is 60.5 Å². The molecule has 11 N–H and O–H groups in total. The SMILES string of the molecule is NC(=O)C1C(NC2NCC(C3CSC4C(=O)C=C(N5CCOCC5)SC43)S2)NC(N[C@H]2CCCC[C@H]2[NH3+])N2NCNC12. The molecule has 234 valence electrons. The maximum Gasteiger partial charge on any atom is 0.226 e. The maximum absolute atomic E-state index is 13.1. The molecule has 1 aliphatic carbocycles. The smallest absolute Gasteiger partial charge is 0.226 e. The first-order valence-corrected chi connectivity index (χ1v) is 18.2. The van der Waals surface area contributed by atoms with Crippen molar-refractivity contribution in [3.05, 3.63) is 11.1 Å². The molecule has 11 atom stereocenters. The van der Waals surface area contributed by atoms with E-state index in [1.54, 1.807) is 0 Å². The molecule has 0 aromatic rings. The van der Waals surface area contributed by atoms with Crippen LogP contribution in [0.25, 0.3) is 0 Å². The van der Waals surface area contributed by atoms with E-state index in [0.29, 0.717) is 43.1 Å². The molecule has 0 aromatic carbocycles. The van der Waals surface area contributed by atoms with Crippen LogP contribution in [-0.2, 0) is 14.3 Å². The van der Waals surface area contributed by atoms with Gasteiger partial charge in [-0.25, -0.2) is 5.43 Å². The first-order valence-electron chi connectivity index (χ1n) is 15.4. The summed E-state index contributed by atoms with van der Waals surface area (Å²) in [6.45, 7) is 4.56. The molecule has 5 saturated heterocycles. The first kappa shape index (κ1) is 30.0. The minimum Gasteiger partial charge on any atom is -0.378 e. The van der Waals surface area contributed by atoms with Gasteiger partial charge in [-0.2, -0.15) is 5.01 Å². The number of rotatable bonds is 7. The molecule has 0 bridgehead atoms. The Morgan fingerprint density at radius 3 is 2.81 bits per heavy atom. The lowest BCUT2D eigenvalue weighted by Crippen LogP contribution is -2.79. The lowest BCUT2D eigenvalue weighted by atomic mass is 9.91. The number of nitrogens with zero attached hydrogens (tertiary/aromatic N) is 2. The zero-order valence-electron chi connectivity index (χ0n) is 23.8. The number of thioether (sulfide) groups is 3. The lowest BCUT2D eigenvalue weighted by Gasteiger charge is -2.47. The van der Waals surface area contributed by atoms with E-state index in [9.17, 15) is 9.59 Å². The zero-order valence-corrected chi connectivity index (χ0v) is 26.3. The Kier molecular flexibility index (Phi) is 9.30. The van der Waals surface area contributed by atoms with E-state index in [1.807, 2.05) is 41.4 Å². The number of nitrogens with two attached hydrogens (primary N) is 1. The van der Waals surface area contributed by atoms with Crippen molar-refractivity contribution in [3.63, 3.8) is 0 Å². The number of carbonyl (C=O) groups excluding carboxylic acids is 2. The molecule has 7 rings (SSSR count). The minimum atomic E-state index is -0.472. The highest BCUT2D eigenvalue weighted by Gasteiger charge is 2.52. The van der Waals surface area contributed by atoms with Crippen LogP contribution in [0.1, 0.15) is 25.7 Å². The number of nitrogens with one attached hydrogen (secondary N) is 6. The third-order valence-electron chi connectivity index (χ3n) is 9.74. The molecule has 0 aromatic heterocycles. The Balaban J connectivity index is 1.01. The highest BCUT2D eigenvalue weighted by molar-refractivity contribution is 8.07. The van der Waals surface area contributed by atoms with Crippen LogP contribution in [0.2, 0.25) is 0 Å². The quantitative estimate of drug-likeness (QED) is 0.144. The van der Waals surface area contributed by atoms with Crippen molar-refractivity contribution in [2.45, 2.75) is 77.6 Å². The molecule has 6 heterocycles. The Bertz CT molecular complexity index is 1050. The average molecular weight is 642 g/mol. The number of primary amides is 1. The lowest BCUT2D eigenvalue weighted by molar-refractivity contribution is -0.431. The molecule has 7 aliphatic rings. The summed E-state index contributed by atoms with van der Waals surface area (Å²) in [5, 5.41) is 22.1. The molecule has 0 spiro atoms. The fourth-order valence-corrected chi connectivity index (χ4v) is 12.6. The maximum atomic E-state index is 13.1. The highest BCUT2D eigenvalue weighted by atomic mass is 32.2. The Morgan fingerprint density at radius 1 is 1.17 bits per heavy atom. The summed E-state index contributed by atoms with van der Waals surface area (Å²) < 4.78 is 5.54. The Hall–Kier alpha value is -0.630. The predicted octanol–water partition coefficient (Wildman–Crippen LogP) is -2.70. The monoisotopic (exact) mass is 641 g/mol. The normalized spacial score (nSPS) is 44.6. The van der Waals surface area contributed by atoms with Crippen molar-refractivity contribution >= 4 is 47.0 Å². The number of ketones is 1. The van der Waals surface area contributed by atoms with Gasteiger partial charge < -0.3 is 21.1 Å². The number of hydrazine groups is 1. The van der Waals surface area contributed by atoms with Gasteiger partial charge in [0, 0.05) is 42.6 Å². The van der Waals surface area contributed by atoms with Crippen molar-refractivity contribution in [1.82, 2.24) is 41.9 Å². The molecule has 6 fully saturated rings. The van der Waals surface area contributed by atoms with Crippen LogP contribution in [0.3, 0.4) is 0 Å². The number of hydrogen-bond donors (Lipinski definition) is 8. The van der Waals surface area contributed by atoms with Gasteiger partial charge in [-0.15, -0.1) is 35.3 Å². The number of morpholine rings is 1. The Labute approximate surface area is 259 Å². The summed E-state index contributed by atoms with van der Waals surface area (Å²) in [6.07, 6.45) is 5.82. The summed E-state index contributed by atoms with van der Waals surface area (Å²) in [5.41, 5.74) is 13.8. The van der Waals surface area contributed by atoms with Crippen LogP contribution in [-0.4, -0.2) is 119 Å².